The fraction of sp³-hybridized carbons (Fsp3) is 1.00. The molecule has 2 nitrogen and oxygen atoms in total. The van der Waals surface area contributed by atoms with Gasteiger partial charge in [-0.25, -0.2) is 0 Å². The van der Waals surface area contributed by atoms with Gasteiger partial charge >= 0.3 is 0 Å². The van der Waals surface area contributed by atoms with Crippen molar-refractivity contribution in [1.29, 1.82) is 0 Å². The molecule has 1 fully saturated rings. The van der Waals surface area contributed by atoms with Gasteiger partial charge in [0.2, 0.25) is 0 Å². The molecule has 86 valence electrons. The lowest BCUT2D eigenvalue weighted by molar-refractivity contribution is -0.123. The van der Waals surface area contributed by atoms with Gasteiger partial charge in [-0.15, -0.1) is 0 Å². The van der Waals surface area contributed by atoms with Crippen molar-refractivity contribution in [3.63, 3.8) is 0 Å². The maximum atomic E-state index is 5.06. The summed E-state index contributed by atoms with van der Waals surface area (Å²) < 4.78 is 10.1. The predicted octanol–water partition coefficient (Wildman–Crippen LogP) is 3.22. The van der Waals surface area contributed by atoms with Gasteiger partial charge in [0.05, 0.1) is 0 Å². The minimum absolute atomic E-state index is 0.0370. The summed E-state index contributed by atoms with van der Waals surface area (Å²) in [5.74, 6) is 2.79. The molecule has 0 bridgehead atoms. The van der Waals surface area contributed by atoms with E-state index in [2.05, 4.69) is 23.5 Å². The Morgan fingerprint density at radius 1 is 1.07 bits per heavy atom. The molecule has 4 heteroatoms. The largest absolute Gasteiger partial charge is 0.353 e. The van der Waals surface area contributed by atoms with Gasteiger partial charge in [0.25, 0.3) is 0 Å². The van der Waals surface area contributed by atoms with Crippen molar-refractivity contribution in [2.75, 3.05) is 29.8 Å². The van der Waals surface area contributed by atoms with E-state index in [9.17, 15) is 0 Å². The zero-order valence-electron chi connectivity index (χ0n) is 9.45. The van der Waals surface area contributed by atoms with E-state index in [1.165, 1.54) is 23.0 Å². The van der Waals surface area contributed by atoms with Crippen molar-refractivity contribution in [3.05, 3.63) is 0 Å². The summed E-state index contributed by atoms with van der Waals surface area (Å²) in [5.41, 5.74) is 0. The van der Waals surface area contributed by atoms with Crippen LogP contribution in [0, 0.1) is 0 Å². The van der Waals surface area contributed by atoms with Crippen molar-refractivity contribution in [2.45, 2.75) is 33.5 Å². The normalized spacial score (nSPS) is 16.3. The zero-order chi connectivity index (χ0) is 10.6. The third-order valence-corrected chi connectivity index (χ3v) is 4.03. The summed E-state index contributed by atoms with van der Waals surface area (Å²) in [6.07, 6.45) is 1.39. The van der Waals surface area contributed by atoms with Crippen LogP contribution < -0.4 is 0 Å². The monoisotopic (exact) mass is 238 g/mol. The van der Waals surface area contributed by atoms with E-state index in [4.69, 9.17) is 9.47 Å². The summed E-state index contributed by atoms with van der Waals surface area (Å²) in [4.78, 5) is 0. The highest BCUT2D eigenvalue weighted by Crippen LogP contribution is 2.19. The van der Waals surface area contributed by atoms with E-state index in [0.717, 1.165) is 13.2 Å². The van der Waals surface area contributed by atoms with Crippen LogP contribution in [0.25, 0.3) is 0 Å². The molecule has 1 rings (SSSR count). The van der Waals surface area contributed by atoms with Gasteiger partial charge in [0, 0.05) is 18.3 Å². The second-order valence-corrected chi connectivity index (χ2v) is 5.34. The molecule has 0 N–H and O–H groups in total. The first-order valence-electron chi connectivity index (χ1n) is 5.20. The Kier molecular flexibility index (Phi) is 12.2. The molecule has 1 aliphatic heterocycles. The highest BCUT2D eigenvalue weighted by atomic mass is 32.2. The first-order valence-corrected chi connectivity index (χ1v) is 7.50. The smallest absolute Gasteiger partial charge is 0.154 e. The first kappa shape index (κ1) is 14.6. The number of hydrogen-bond acceptors (Lipinski definition) is 4. The number of hydrogen-bond donors (Lipinski definition) is 0. The van der Waals surface area contributed by atoms with Gasteiger partial charge in [0.1, 0.15) is 0 Å². The quantitative estimate of drug-likeness (QED) is 0.700. The molecule has 0 aromatic heterocycles. The van der Waals surface area contributed by atoms with E-state index in [1.807, 2.05) is 20.8 Å². The van der Waals surface area contributed by atoms with E-state index < -0.39 is 0 Å². The highest BCUT2D eigenvalue weighted by molar-refractivity contribution is 8.16. The number of rotatable bonds is 4. The standard InChI is InChI=1S/C6H14O2.C4H8S2/c1-4-7-6(3)8-5-2;1-2-5-4-6-3-1/h6H,4-5H2,1-3H3;1-4H2. The summed E-state index contributed by atoms with van der Waals surface area (Å²) in [5, 5.41) is 1.33. The second-order valence-electron chi connectivity index (χ2n) is 2.77. The molecule has 1 saturated heterocycles. The minimum Gasteiger partial charge on any atom is -0.353 e. The molecular weight excluding hydrogens is 216 g/mol. The van der Waals surface area contributed by atoms with Crippen LogP contribution in [0.15, 0.2) is 0 Å². The van der Waals surface area contributed by atoms with E-state index in [1.54, 1.807) is 0 Å². The minimum atomic E-state index is -0.0370. The van der Waals surface area contributed by atoms with Crippen molar-refractivity contribution in [2.24, 2.45) is 0 Å². The lowest BCUT2D eigenvalue weighted by atomic mass is 10.6. The van der Waals surface area contributed by atoms with E-state index >= 15 is 0 Å². The lowest BCUT2D eigenvalue weighted by Gasteiger charge is -2.09. The first-order chi connectivity index (χ1) is 6.81. The Bertz CT molecular complexity index is 90.8. The van der Waals surface area contributed by atoms with Gasteiger partial charge < -0.3 is 9.47 Å². The van der Waals surface area contributed by atoms with Crippen LogP contribution in [0.4, 0.5) is 0 Å². The molecule has 14 heavy (non-hydrogen) atoms. The van der Waals surface area contributed by atoms with Crippen LogP contribution in [-0.4, -0.2) is 36.1 Å². The van der Waals surface area contributed by atoms with Crippen molar-refractivity contribution in [3.8, 4) is 0 Å². The maximum absolute atomic E-state index is 5.06. The van der Waals surface area contributed by atoms with Crippen LogP contribution in [-0.2, 0) is 9.47 Å². The number of thioether (sulfide) groups is 2. The molecule has 1 aliphatic rings. The molecule has 0 saturated carbocycles. The molecule has 0 spiro atoms. The zero-order valence-corrected chi connectivity index (χ0v) is 11.1. The van der Waals surface area contributed by atoms with Crippen LogP contribution in [0.1, 0.15) is 27.2 Å². The third kappa shape index (κ3) is 10.7. The Hall–Kier alpha value is 0.620. The van der Waals surface area contributed by atoms with Crippen molar-refractivity contribution >= 4 is 23.5 Å². The Balaban J connectivity index is 0.000000249. The molecular formula is C10H22O2S2. The van der Waals surface area contributed by atoms with Crippen molar-refractivity contribution < 1.29 is 9.47 Å². The Morgan fingerprint density at radius 3 is 1.79 bits per heavy atom. The number of ether oxygens (including phenoxy) is 2. The topological polar surface area (TPSA) is 18.5 Å². The average Bonchev–Trinajstić information content (AvgIpc) is 2.22. The highest BCUT2D eigenvalue weighted by Gasteiger charge is 1.96. The Labute approximate surface area is 96.5 Å². The lowest BCUT2D eigenvalue weighted by Crippen LogP contribution is -2.11. The molecule has 0 radical (unpaired) electrons. The second kappa shape index (κ2) is 11.7. The maximum Gasteiger partial charge on any atom is 0.154 e. The SMILES string of the molecule is C1CSCSC1.CCOC(C)OCC. The summed E-state index contributed by atoms with van der Waals surface area (Å²) >= 11 is 4.12. The fourth-order valence-corrected chi connectivity index (χ4v) is 3.25. The van der Waals surface area contributed by atoms with Crippen LogP contribution >= 0.6 is 23.5 Å². The molecule has 0 aromatic rings. The molecule has 0 aromatic carbocycles. The summed E-state index contributed by atoms with van der Waals surface area (Å²) in [6, 6.07) is 0. The van der Waals surface area contributed by atoms with Crippen LogP contribution in [0.5, 0.6) is 0 Å². The fourth-order valence-electron chi connectivity index (χ4n) is 0.957. The Morgan fingerprint density at radius 2 is 1.57 bits per heavy atom. The van der Waals surface area contributed by atoms with Gasteiger partial charge in [-0.3, -0.25) is 0 Å². The summed E-state index contributed by atoms with van der Waals surface area (Å²) in [7, 11) is 0. The molecule has 0 unspecified atom stereocenters. The van der Waals surface area contributed by atoms with Gasteiger partial charge in [-0.1, -0.05) is 0 Å². The van der Waals surface area contributed by atoms with Gasteiger partial charge in [-0.2, -0.15) is 23.5 Å². The van der Waals surface area contributed by atoms with Crippen LogP contribution in [0.2, 0.25) is 0 Å². The third-order valence-electron chi connectivity index (χ3n) is 1.55. The van der Waals surface area contributed by atoms with Gasteiger partial charge in [0.15, 0.2) is 6.29 Å². The van der Waals surface area contributed by atoms with Gasteiger partial charge in [-0.05, 0) is 38.7 Å². The molecule has 0 aliphatic carbocycles. The van der Waals surface area contributed by atoms with Crippen LogP contribution in [0.3, 0.4) is 0 Å². The van der Waals surface area contributed by atoms with E-state index in [0.29, 0.717) is 0 Å². The summed E-state index contributed by atoms with van der Waals surface area (Å²) in [6.45, 7) is 7.25. The molecule has 1 heterocycles. The molecule has 0 atom stereocenters. The van der Waals surface area contributed by atoms with Crippen molar-refractivity contribution in [1.82, 2.24) is 0 Å². The van der Waals surface area contributed by atoms with E-state index in [-0.39, 0.29) is 6.29 Å². The molecule has 0 amide bonds. The predicted molar refractivity (Wildman–Crippen MR) is 67.1 cm³/mol. The average molecular weight is 238 g/mol.